The molecule has 1 unspecified atom stereocenters. The van der Waals surface area contributed by atoms with Gasteiger partial charge in [-0.3, -0.25) is 4.99 Å². The van der Waals surface area contributed by atoms with Gasteiger partial charge in [0, 0.05) is 25.2 Å². The molecule has 0 amide bonds. The number of unbranched alkanes of at least 4 members (excludes halogenated alkanes) is 1. The van der Waals surface area contributed by atoms with Crippen LogP contribution in [0.5, 0.6) is 0 Å². The second-order valence-corrected chi connectivity index (χ2v) is 7.95. The van der Waals surface area contributed by atoms with E-state index in [1.807, 2.05) is 12.1 Å². The van der Waals surface area contributed by atoms with Gasteiger partial charge >= 0.3 is 0 Å². The fraction of sp³-hybridized carbons (Fsp3) is 0.565. The van der Waals surface area contributed by atoms with E-state index in [4.69, 9.17) is 4.42 Å². The Balaban J connectivity index is 1.35. The van der Waals surface area contributed by atoms with Crippen molar-refractivity contribution in [2.75, 3.05) is 26.7 Å². The Morgan fingerprint density at radius 2 is 2.03 bits per heavy atom. The zero-order valence-electron chi connectivity index (χ0n) is 18.1. The summed E-state index contributed by atoms with van der Waals surface area (Å²) >= 11 is 0. The van der Waals surface area contributed by atoms with Crippen molar-refractivity contribution in [1.29, 1.82) is 0 Å². The maximum atomic E-state index is 5.62. The van der Waals surface area contributed by atoms with E-state index in [2.05, 4.69) is 51.5 Å². The van der Waals surface area contributed by atoms with Crippen molar-refractivity contribution in [2.24, 2.45) is 4.99 Å². The Bertz CT molecular complexity index is 768. The summed E-state index contributed by atoms with van der Waals surface area (Å²) in [5, 5.41) is 6.71. The average Bonchev–Trinajstić information content (AvgIpc) is 3.21. The average molecular weight is 398 g/mol. The van der Waals surface area contributed by atoms with Crippen LogP contribution < -0.4 is 10.6 Å². The number of benzene rings is 1. The fourth-order valence-electron chi connectivity index (χ4n) is 3.75. The molecule has 2 aromatic rings. The van der Waals surface area contributed by atoms with Crippen LogP contribution in [0.1, 0.15) is 50.3 Å². The highest BCUT2D eigenvalue weighted by Crippen LogP contribution is 2.19. The quantitative estimate of drug-likeness (QED) is 0.401. The van der Waals surface area contributed by atoms with Gasteiger partial charge < -0.3 is 20.0 Å². The maximum absolute atomic E-state index is 5.62. The third kappa shape index (κ3) is 6.60. The monoisotopic (exact) mass is 397 g/mol. The predicted molar refractivity (Wildman–Crippen MR) is 119 cm³/mol. The Morgan fingerprint density at radius 3 is 2.79 bits per heavy atom. The van der Waals surface area contributed by atoms with Gasteiger partial charge in [-0.2, -0.15) is 0 Å². The summed E-state index contributed by atoms with van der Waals surface area (Å²) in [6, 6.07) is 8.94. The van der Waals surface area contributed by atoms with Crippen molar-refractivity contribution in [3.05, 3.63) is 41.8 Å². The molecule has 29 heavy (non-hydrogen) atoms. The van der Waals surface area contributed by atoms with Crippen LogP contribution in [-0.4, -0.2) is 48.6 Å². The maximum Gasteiger partial charge on any atom is 0.226 e. The van der Waals surface area contributed by atoms with Gasteiger partial charge in [-0.15, -0.1) is 0 Å². The van der Waals surface area contributed by atoms with Gasteiger partial charge in [0.15, 0.2) is 5.96 Å². The summed E-state index contributed by atoms with van der Waals surface area (Å²) in [6.07, 6.45) is 8.16. The normalized spacial score (nSPS) is 18.0. The van der Waals surface area contributed by atoms with Crippen molar-refractivity contribution in [3.8, 4) is 11.5 Å². The summed E-state index contributed by atoms with van der Waals surface area (Å²) in [4.78, 5) is 11.5. The first-order valence-electron chi connectivity index (χ1n) is 10.9. The molecule has 1 saturated heterocycles. The van der Waals surface area contributed by atoms with E-state index in [-0.39, 0.29) is 0 Å². The minimum absolute atomic E-state index is 0.584. The van der Waals surface area contributed by atoms with Crippen LogP contribution in [0.2, 0.25) is 0 Å². The number of oxazole rings is 1. The lowest BCUT2D eigenvalue weighted by molar-refractivity contribution is 0.158. The molecule has 0 radical (unpaired) electrons. The molecule has 6 nitrogen and oxygen atoms in total. The highest BCUT2D eigenvalue weighted by atomic mass is 16.3. The van der Waals surface area contributed by atoms with E-state index in [0.29, 0.717) is 12.4 Å². The molecule has 1 fully saturated rings. The Labute approximate surface area is 174 Å². The molecular formula is C23H35N5O. The van der Waals surface area contributed by atoms with E-state index in [0.717, 1.165) is 36.2 Å². The van der Waals surface area contributed by atoms with E-state index in [1.54, 1.807) is 13.3 Å². The number of hydrogen-bond donors (Lipinski definition) is 2. The number of hydrogen-bond acceptors (Lipinski definition) is 4. The summed E-state index contributed by atoms with van der Waals surface area (Å²) < 4.78 is 5.62. The van der Waals surface area contributed by atoms with Crippen LogP contribution >= 0.6 is 0 Å². The van der Waals surface area contributed by atoms with Crippen LogP contribution in [0.4, 0.5) is 0 Å². The number of guanidine groups is 1. The first kappa shape index (κ1) is 21.4. The van der Waals surface area contributed by atoms with E-state index in [1.165, 1.54) is 44.3 Å². The molecule has 0 saturated carbocycles. The minimum atomic E-state index is 0.584. The number of aliphatic imine (C=N–C) groups is 1. The van der Waals surface area contributed by atoms with Gasteiger partial charge in [-0.25, -0.2) is 4.98 Å². The van der Waals surface area contributed by atoms with Gasteiger partial charge in [0.1, 0.15) is 6.26 Å². The first-order chi connectivity index (χ1) is 14.2. The molecule has 1 aromatic heterocycles. The van der Waals surface area contributed by atoms with Crippen molar-refractivity contribution in [2.45, 2.75) is 58.5 Å². The molecular weight excluding hydrogens is 362 g/mol. The van der Waals surface area contributed by atoms with Gasteiger partial charge in [0.2, 0.25) is 5.89 Å². The van der Waals surface area contributed by atoms with Crippen LogP contribution in [0.25, 0.3) is 11.5 Å². The summed E-state index contributed by atoms with van der Waals surface area (Å²) in [5.74, 6) is 1.45. The smallest absolute Gasteiger partial charge is 0.226 e. The fourth-order valence-corrected chi connectivity index (χ4v) is 3.75. The summed E-state index contributed by atoms with van der Waals surface area (Å²) in [6.45, 7) is 8.41. The largest absolute Gasteiger partial charge is 0.444 e. The standard InChI is InChI=1S/C23H35N5O/c1-18-9-11-20(12-10-18)22-27-21(17-29-22)16-26-23(24-3)25-13-5-7-15-28-14-6-4-8-19(28)2/h9-12,17,19H,4-8,13-16H2,1-3H3,(H2,24,25,26). The Kier molecular flexibility index (Phi) is 8.11. The number of aromatic nitrogens is 1. The lowest BCUT2D eigenvalue weighted by atomic mass is 10.0. The number of aryl methyl sites for hydroxylation is 1. The molecule has 158 valence electrons. The second kappa shape index (κ2) is 11.0. The second-order valence-electron chi connectivity index (χ2n) is 7.95. The number of nitrogens with one attached hydrogen (secondary N) is 2. The first-order valence-corrected chi connectivity index (χ1v) is 10.9. The molecule has 6 heteroatoms. The molecule has 0 bridgehead atoms. The molecule has 1 aliphatic heterocycles. The lowest BCUT2D eigenvalue weighted by Gasteiger charge is -2.33. The number of nitrogens with zero attached hydrogens (tertiary/aromatic N) is 3. The molecule has 2 N–H and O–H groups in total. The molecule has 3 rings (SSSR count). The lowest BCUT2D eigenvalue weighted by Crippen LogP contribution is -2.39. The molecule has 0 spiro atoms. The summed E-state index contributed by atoms with van der Waals surface area (Å²) in [7, 11) is 1.80. The van der Waals surface area contributed by atoms with Crippen molar-refractivity contribution in [3.63, 3.8) is 0 Å². The van der Waals surface area contributed by atoms with E-state index < -0.39 is 0 Å². The third-order valence-corrected chi connectivity index (χ3v) is 5.62. The van der Waals surface area contributed by atoms with Crippen LogP contribution in [0.15, 0.2) is 39.9 Å². The number of likely N-dealkylation sites (tertiary alicyclic amines) is 1. The molecule has 1 aliphatic rings. The zero-order chi connectivity index (χ0) is 20.5. The highest BCUT2D eigenvalue weighted by Gasteiger charge is 2.17. The van der Waals surface area contributed by atoms with Gasteiger partial charge in [-0.1, -0.05) is 24.1 Å². The molecule has 1 atom stereocenters. The highest BCUT2D eigenvalue weighted by molar-refractivity contribution is 5.79. The number of rotatable bonds is 8. The summed E-state index contributed by atoms with van der Waals surface area (Å²) in [5.41, 5.74) is 3.08. The SMILES string of the molecule is CN=C(NCCCCN1CCCCC1C)NCc1coc(-c2ccc(C)cc2)n1. The Hall–Kier alpha value is -2.34. The van der Waals surface area contributed by atoms with E-state index >= 15 is 0 Å². The number of piperidine rings is 1. The predicted octanol–water partition coefficient (Wildman–Crippen LogP) is 3.97. The molecule has 0 aliphatic carbocycles. The van der Waals surface area contributed by atoms with Crippen molar-refractivity contribution in [1.82, 2.24) is 20.5 Å². The van der Waals surface area contributed by atoms with Crippen LogP contribution in [0.3, 0.4) is 0 Å². The topological polar surface area (TPSA) is 65.7 Å². The Morgan fingerprint density at radius 1 is 1.21 bits per heavy atom. The van der Waals surface area contributed by atoms with Crippen molar-refractivity contribution < 1.29 is 4.42 Å². The van der Waals surface area contributed by atoms with Crippen LogP contribution in [0, 0.1) is 6.92 Å². The van der Waals surface area contributed by atoms with Gasteiger partial charge in [0.25, 0.3) is 0 Å². The molecule has 1 aromatic carbocycles. The third-order valence-electron chi connectivity index (χ3n) is 5.62. The van der Waals surface area contributed by atoms with Gasteiger partial charge in [-0.05, 0) is 64.8 Å². The van der Waals surface area contributed by atoms with E-state index in [9.17, 15) is 0 Å². The van der Waals surface area contributed by atoms with Crippen molar-refractivity contribution >= 4 is 5.96 Å². The van der Waals surface area contributed by atoms with Crippen LogP contribution in [-0.2, 0) is 6.54 Å². The zero-order valence-corrected chi connectivity index (χ0v) is 18.1. The minimum Gasteiger partial charge on any atom is -0.444 e. The van der Waals surface area contributed by atoms with Gasteiger partial charge in [0.05, 0.1) is 12.2 Å². The molecule has 2 heterocycles.